The van der Waals surface area contributed by atoms with E-state index in [0.717, 1.165) is 46.3 Å². The second kappa shape index (κ2) is 19.1. The van der Waals surface area contributed by atoms with E-state index in [0.29, 0.717) is 24.6 Å². The summed E-state index contributed by atoms with van der Waals surface area (Å²) in [6, 6.07) is 28.5. The molecule has 4 rings (SSSR count). The second-order valence-electron chi connectivity index (χ2n) is 17.7. The van der Waals surface area contributed by atoms with E-state index in [1.807, 2.05) is 60.7 Å². The van der Waals surface area contributed by atoms with Crippen LogP contribution in [0.3, 0.4) is 0 Å². The largest absolute Gasteiger partial charge is 2.00 e. The van der Waals surface area contributed by atoms with Gasteiger partial charge in [0, 0.05) is 24.2 Å². The standard InChI is InChI=1S/C33H53NO2.2C7H7.Ti/c1-14-15-34(20-22-16-24(30(2,3)4)18-26(28(22)35)32(8,9)10)21-23-17-25(31(5,6)7)19-27(29(23)36)33(11,12)13;2*1-7-5-3-2-4-6-7;/h16-19,35-36H,14-15,20-21H2,1-13H3;2*2-6H,1H2;/q;2*-1;+2. The zero-order chi connectivity index (χ0) is 38.1. The zero-order valence-electron chi connectivity index (χ0n) is 34.2. The molecule has 0 saturated heterocycles. The van der Waals surface area contributed by atoms with Crippen molar-refractivity contribution in [2.75, 3.05) is 6.54 Å². The van der Waals surface area contributed by atoms with Gasteiger partial charge in [-0.2, -0.15) is 49.2 Å². The quantitative estimate of drug-likeness (QED) is 0.154. The SMILES string of the molecule is CCCN(Cc1cc(C(C)(C)C)cc(C(C)(C)C)c1O)Cc1cc(C(C)(C)C)cc(C(C)(C)C)c1O.[CH2-]c1ccccc1.[CH2-]c1ccccc1.[Ti+2]. The molecule has 0 aliphatic rings. The third-order valence-electron chi connectivity index (χ3n) is 8.74. The van der Waals surface area contributed by atoms with Crippen molar-refractivity contribution in [1.29, 1.82) is 0 Å². The van der Waals surface area contributed by atoms with E-state index in [1.54, 1.807) is 0 Å². The predicted octanol–water partition coefficient (Wildman–Crippen LogP) is 12.4. The second-order valence-corrected chi connectivity index (χ2v) is 17.7. The summed E-state index contributed by atoms with van der Waals surface area (Å²) < 4.78 is 0. The minimum Gasteiger partial charge on any atom is -0.507 e. The van der Waals surface area contributed by atoms with E-state index < -0.39 is 0 Å². The van der Waals surface area contributed by atoms with Gasteiger partial charge >= 0.3 is 21.7 Å². The monoisotopic (exact) mass is 725 g/mol. The van der Waals surface area contributed by atoms with Gasteiger partial charge in [-0.15, -0.1) is 24.3 Å². The molecule has 4 heteroatoms. The molecular weight excluding hydrogens is 658 g/mol. The van der Waals surface area contributed by atoms with Crippen LogP contribution in [0.2, 0.25) is 0 Å². The van der Waals surface area contributed by atoms with Crippen LogP contribution >= 0.6 is 0 Å². The number of hydrogen-bond acceptors (Lipinski definition) is 3. The number of aromatic hydroxyl groups is 2. The van der Waals surface area contributed by atoms with Gasteiger partial charge in [-0.3, -0.25) is 4.90 Å². The van der Waals surface area contributed by atoms with Crippen molar-refractivity contribution in [3.63, 3.8) is 0 Å². The topological polar surface area (TPSA) is 43.7 Å². The Morgan fingerprint density at radius 2 is 0.824 bits per heavy atom. The first-order chi connectivity index (χ1) is 22.9. The molecule has 0 fully saturated rings. The number of nitrogens with zero attached hydrogens (tertiary/aromatic N) is 1. The van der Waals surface area contributed by atoms with E-state index in [-0.39, 0.29) is 43.4 Å². The predicted molar refractivity (Wildman–Crippen MR) is 217 cm³/mol. The summed E-state index contributed by atoms with van der Waals surface area (Å²) in [6.07, 6.45) is 0.998. The van der Waals surface area contributed by atoms with Crippen molar-refractivity contribution in [2.24, 2.45) is 0 Å². The van der Waals surface area contributed by atoms with Crippen molar-refractivity contribution in [1.82, 2.24) is 4.90 Å². The molecule has 276 valence electrons. The summed E-state index contributed by atoms with van der Waals surface area (Å²) >= 11 is 0. The van der Waals surface area contributed by atoms with Gasteiger partial charge in [-0.25, -0.2) is 0 Å². The summed E-state index contributed by atoms with van der Waals surface area (Å²) in [7, 11) is 0. The van der Waals surface area contributed by atoms with Gasteiger partial charge in [0.05, 0.1) is 0 Å². The van der Waals surface area contributed by atoms with Crippen LogP contribution in [0.25, 0.3) is 0 Å². The molecule has 0 unspecified atom stereocenters. The molecule has 0 radical (unpaired) electrons. The van der Waals surface area contributed by atoms with Crippen LogP contribution in [0.4, 0.5) is 0 Å². The van der Waals surface area contributed by atoms with E-state index in [9.17, 15) is 10.2 Å². The van der Waals surface area contributed by atoms with Gasteiger partial charge in [0.25, 0.3) is 0 Å². The maximum absolute atomic E-state index is 11.4. The maximum atomic E-state index is 11.4. The van der Waals surface area contributed by atoms with Crippen LogP contribution in [-0.2, 0) is 56.5 Å². The Morgan fingerprint density at radius 1 is 0.510 bits per heavy atom. The summed E-state index contributed by atoms with van der Waals surface area (Å²) in [5, 5.41) is 22.8. The Kier molecular flexibility index (Phi) is 17.2. The van der Waals surface area contributed by atoms with Crippen LogP contribution in [0, 0.1) is 13.8 Å². The average molecular weight is 726 g/mol. The summed E-state index contributed by atoms with van der Waals surface area (Å²) in [6.45, 7) is 38.1. The first-order valence-corrected chi connectivity index (χ1v) is 18.1. The number of hydrogen-bond donors (Lipinski definition) is 2. The van der Waals surface area contributed by atoms with E-state index in [4.69, 9.17) is 0 Å². The van der Waals surface area contributed by atoms with Crippen molar-refractivity contribution in [3.8, 4) is 11.5 Å². The molecule has 0 bridgehead atoms. The van der Waals surface area contributed by atoms with Gasteiger partial charge in [0.1, 0.15) is 11.5 Å². The Labute approximate surface area is 327 Å². The molecule has 0 amide bonds. The van der Waals surface area contributed by atoms with Crippen LogP contribution in [0.15, 0.2) is 84.9 Å². The summed E-state index contributed by atoms with van der Waals surface area (Å²) in [4.78, 5) is 2.36. The van der Waals surface area contributed by atoms with Crippen molar-refractivity contribution in [3.05, 3.63) is 143 Å². The first kappa shape index (κ1) is 45.9. The smallest absolute Gasteiger partial charge is 0.507 e. The first-order valence-electron chi connectivity index (χ1n) is 18.1. The average Bonchev–Trinajstić information content (AvgIpc) is 2.98. The fourth-order valence-corrected chi connectivity index (χ4v) is 5.61. The Bertz CT molecular complexity index is 1500. The van der Waals surface area contributed by atoms with Crippen LogP contribution in [0.5, 0.6) is 11.5 Å². The minimum absolute atomic E-state index is 0. The Hall–Kier alpha value is -3.11. The van der Waals surface area contributed by atoms with E-state index in [2.05, 4.69) is 133 Å². The van der Waals surface area contributed by atoms with Gasteiger partial charge in [-0.1, -0.05) is 126 Å². The molecule has 0 spiro atoms. The van der Waals surface area contributed by atoms with E-state index in [1.165, 1.54) is 11.1 Å². The van der Waals surface area contributed by atoms with Gasteiger partial charge in [-0.05, 0) is 56.9 Å². The molecule has 4 aromatic rings. The van der Waals surface area contributed by atoms with Gasteiger partial charge in [0.2, 0.25) is 0 Å². The number of phenolic OH excluding ortho intramolecular Hbond substituents is 2. The number of rotatable bonds is 6. The fourth-order valence-electron chi connectivity index (χ4n) is 5.61. The number of benzene rings is 4. The van der Waals surface area contributed by atoms with E-state index >= 15 is 0 Å². The molecule has 0 atom stereocenters. The van der Waals surface area contributed by atoms with Gasteiger partial charge in [0.15, 0.2) is 0 Å². The van der Waals surface area contributed by atoms with Crippen molar-refractivity contribution >= 4 is 0 Å². The Morgan fingerprint density at radius 3 is 1.04 bits per heavy atom. The molecule has 51 heavy (non-hydrogen) atoms. The summed E-state index contributed by atoms with van der Waals surface area (Å²) in [5.74, 6) is 0.805. The van der Waals surface area contributed by atoms with Crippen LogP contribution in [0.1, 0.15) is 141 Å². The van der Waals surface area contributed by atoms with Gasteiger partial charge < -0.3 is 10.2 Å². The molecule has 0 heterocycles. The molecular formula is C47H67NO2Ti. The molecule has 0 aliphatic heterocycles. The zero-order valence-corrected chi connectivity index (χ0v) is 35.7. The molecule has 3 nitrogen and oxygen atoms in total. The Balaban J connectivity index is 0.000000710. The van der Waals surface area contributed by atoms with Crippen LogP contribution in [-0.4, -0.2) is 21.7 Å². The third kappa shape index (κ3) is 14.8. The maximum Gasteiger partial charge on any atom is 2.00 e. The third-order valence-corrected chi connectivity index (χ3v) is 8.74. The number of phenols is 2. The molecule has 0 aromatic heterocycles. The summed E-state index contributed by atoms with van der Waals surface area (Å²) in [5.41, 5.74) is 8.19. The molecule has 0 saturated carbocycles. The molecule has 4 aromatic carbocycles. The van der Waals surface area contributed by atoms with Crippen LogP contribution < -0.4 is 0 Å². The van der Waals surface area contributed by atoms with Crippen molar-refractivity contribution in [2.45, 2.75) is 131 Å². The molecule has 2 N–H and O–H groups in total. The molecule has 0 aliphatic carbocycles. The van der Waals surface area contributed by atoms with Crippen molar-refractivity contribution < 1.29 is 31.9 Å². The minimum atomic E-state index is -0.156. The normalized spacial score (nSPS) is 11.9. The fraction of sp³-hybridized carbons (Fsp3) is 0.447.